The third-order valence-electron chi connectivity index (χ3n) is 4.37. The largest absolute Gasteiger partial charge is 0.396 e. The zero-order valence-corrected chi connectivity index (χ0v) is 11.1. The zero-order valence-electron chi connectivity index (χ0n) is 11.1. The van der Waals surface area contributed by atoms with Crippen LogP contribution < -0.4 is 0 Å². The first-order valence-electron chi connectivity index (χ1n) is 6.58. The van der Waals surface area contributed by atoms with Crippen LogP contribution in [0.4, 0.5) is 0 Å². The summed E-state index contributed by atoms with van der Waals surface area (Å²) in [7, 11) is 2.17. The molecule has 1 atom stereocenters. The van der Waals surface area contributed by atoms with Crippen LogP contribution in [-0.2, 0) is 6.54 Å². The maximum atomic E-state index is 9.28. The van der Waals surface area contributed by atoms with Crippen LogP contribution in [0.3, 0.4) is 0 Å². The number of aromatic nitrogens is 1. The van der Waals surface area contributed by atoms with Gasteiger partial charge in [-0.1, -0.05) is 5.16 Å². The molecule has 100 valence electrons. The molecule has 2 fully saturated rings. The van der Waals surface area contributed by atoms with Gasteiger partial charge < -0.3 is 9.63 Å². The van der Waals surface area contributed by atoms with Crippen LogP contribution in [0.25, 0.3) is 0 Å². The molecule has 1 aromatic rings. The second-order valence-electron chi connectivity index (χ2n) is 5.93. The molecule has 1 N–H and O–H groups in total. The maximum Gasteiger partial charge on any atom is 0.133 e. The first-order chi connectivity index (χ1) is 8.61. The first kappa shape index (κ1) is 12.1. The summed E-state index contributed by atoms with van der Waals surface area (Å²) in [6.45, 7) is 6.28. The van der Waals surface area contributed by atoms with E-state index in [0.717, 1.165) is 44.1 Å². The Morgan fingerprint density at radius 1 is 1.56 bits per heavy atom. The van der Waals surface area contributed by atoms with Crippen molar-refractivity contribution in [3.05, 3.63) is 17.5 Å². The summed E-state index contributed by atoms with van der Waals surface area (Å²) in [6.07, 6.45) is 1.12. The Bertz CT molecular complexity index is 426. The number of aliphatic hydroxyl groups is 1. The third-order valence-corrected chi connectivity index (χ3v) is 4.37. The molecule has 0 saturated carbocycles. The van der Waals surface area contributed by atoms with Crippen LogP contribution in [-0.4, -0.2) is 58.9 Å². The van der Waals surface area contributed by atoms with E-state index in [4.69, 9.17) is 4.52 Å². The highest BCUT2D eigenvalue weighted by molar-refractivity contribution is 5.11. The Kier molecular flexibility index (Phi) is 2.92. The number of rotatable bonds is 3. The van der Waals surface area contributed by atoms with Gasteiger partial charge in [0, 0.05) is 44.4 Å². The van der Waals surface area contributed by atoms with Crippen molar-refractivity contribution in [3.8, 4) is 0 Å². The minimum Gasteiger partial charge on any atom is -0.396 e. The third kappa shape index (κ3) is 1.96. The van der Waals surface area contributed by atoms with E-state index in [2.05, 4.69) is 22.0 Å². The molecule has 0 aliphatic carbocycles. The molecule has 3 rings (SSSR count). The second kappa shape index (κ2) is 4.33. The van der Waals surface area contributed by atoms with E-state index in [1.54, 1.807) is 0 Å². The summed E-state index contributed by atoms with van der Waals surface area (Å²) in [4.78, 5) is 4.81. The molecule has 2 aliphatic rings. The minimum atomic E-state index is 0.298. The Balaban J connectivity index is 1.56. The molecule has 2 aliphatic heterocycles. The van der Waals surface area contributed by atoms with Gasteiger partial charge in [-0.05, 0) is 26.3 Å². The van der Waals surface area contributed by atoms with Crippen molar-refractivity contribution in [2.45, 2.75) is 25.4 Å². The minimum absolute atomic E-state index is 0.298. The van der Waals surface area contributed by atoms with Gasteiger partial charge in [0.2, 0.25) is 0 Å². The highest BCUT2D eigenvalue weighted by Crippen LogP contribution is 2.39. The van der Waals surface area contributed by atoms with Crippen LogP contribution in [0.2, 0.25) is 0 Å². The highest BCUT2D eigenvalue weighted by atomic mass is 16.5. The van der Waals surface area contributed by atoms with Gasteiger partial charge in [0.05, 0.1) is 5.69 Å². The van der Waals surface area contributed by atoms with Gasteiger partial charge in [-0.15, -0.1) is 0 Å². The fraction of sp³-hybridized carbons (Fsp3) is 0.769. The summed E-state index contributed by atoms with van der Waals surface area (Å²) >= 11 is 0. The number of nitrogens with zero attached hydrogens (tertiary/aromatic N) is 3. The Morgan fingerprint density at radius 2 is 2.33 bits per heavy atom. The topological polar surface area (TPSA) is 52.7 Å². The molecule has 0 aromatic carbocycles. The Morgan fingerprint density at radius 3 is 2.89 bits per heavy atom. The SMILES string of the molecule is Cc1cc(CN2CC3(C[C@H](CO)CN3C)C2)no1. The van der Waals surface area contributed by atoms with Gasteiger partial charge >= 0.3 is 0 Å². The molecule has 3 heterocycles. The number of hydrogen-bond donors (Lipinski definition) is 1. The maximum absolute atomic E-state index is 9.28. The summed E-state index contributed by atoms with van der Waals surface area (Å²) in [5.74, 6) is 1.32. The summed E-state index contributed by atoms with van der Waals surface area (Å²) in [6, 6.07) is 2.00. The van der Waals surface area contributed by atoms with Gasteiger partial charge in [0.25, 0.3) is 0 Å². The van der Waals surface area contributed by atoms with E-state index in [9.17, 15) is 5.11 Å². The number of aryl methyl sites for hydroxylation is 1. The molecule has 18 heavy (non-hydrogen) atoms. The smallest absolute Gasteiger partial charge is 0.133 e. The molecule has 2 saturated heterocycles. The van der Waals surface area contributed by atoms with Crippen molar-refractivity contribution in [1.82, 2.24) is 15.0 Å². The fourth-order valence-corrected chi connectivity index (χ4v) is 3.45. The van der Waals surface area contributed by atoms with Gasteiger partial charge in [-0.3, -0.25) is 9.80 Å². The summed E-state index contributed by atoms with van der Waals surface area (Å²) in [5.41, 5.74) is 1.31. The van der Waals surface area contributed by atoms with Crippen LogP contribution in [0.5, 0.6) is 0 Å². The number of likely N-dealkylation sites (tertiary alicyclic amines) is 2. The van der Waals surface area contributed by atoms with E-state index >= 15 is 0 Å². The van der Waals surface area contributed by atoms with E-state index in [-0.39, 0.29) is 0 Å². The highest BCUT2D eigenvalue weighted by Gasteiger charge is 2.51. The van der Waals surface area contributed by atoms with Crippen LogP contribution in [0.1, 0.15) is 17.9 Å². The van der Waals surface area contributed by atoms with E-state index in [1.807, 2.05) is 13.0 Å². The standard InChI is InChI=1S/C13H21N3O2/c1-10-3-12(14-18-10)6-16-8-13(9-16)4-11(7-17)5-15(13)2/h3,11,17H,4-9H2,1-2H3/t11-/m0/s1. The van der Waals surface area contributed by atoms with Crippen molar-refractivity contribution in [2.24, 2.45) is 5.92 Å². The molecule has 0 unspecified atom stereocenters. The van der Waals surface area contributed by atoms with Crippen LogP contribution in [0, 0.1) is 12.8 Å². The van der Waals surface area contributed by atoms with Crippen LogP contribution >= 0.6 is 0 Å². The van der Waals surface area contributed by atoms with Gasteiger partial charge in [-0.2, -0.15) is 0 Å². The number of aliphatic hydroxyl groups excluding tert-OH is 1. The predicted octanol–water partition coefficient (Wildman–Crippen LogP) is 0.481. The fourth-order valence-electron chi connectivity index (χ4n) is 3.45. The lowest BCUT2D eigenvalue weighted by Crippen LogP contribution is -2.66. The molecule has 5 heteroatoms. The van der Waals surface area contributed by atoms with Gasteiger partial charge in [0.1, 0.15) is 5.76 Å². The molecular formula is C13H21N3O2. The van der Waals surface area contributed by atoms with Crippen molar-refractivity contribution in [3.63, 3.8) is 0 Å². The van der Waals surface area contributed by atoms with Crippen molar-refractivity contribution in [1.29, 1.82) is 0 Å². The van der Waals surface area contributed by atoms with Gasteiger partial charge in [-0.25, -0.2) is 0 Å². The Hall–Kier alpha value is -0.910. The zero-order chi connectivity index (χ0) is 12.8. The monoisotopic (exact) mass is 251 g/mol. The number of hydrogen-bond acceptors (Lipinski definition) is 5. The Labute approximate surface area is 107 Å². The molecule has 0 bridgehead atoms. The molecule has 5 nitrogen and oxygen atoms in total. The summed E-state index contributed by atoms with van der Waals surface area (Å²) < 4.78 is 5.09. The normalized spacial score (nSPS) is 27.8. The first-order valence-corrected chi connectivity index (χ1v) is 6.58. The van der Waals surface area contributed by atoms with Crippen LogP contribution in [0.15, 0.2) is 10.6 Å². The molecule has 1 aromatic heterocycles. The average molecular weight is 251 g/mol. The van der Waals surface area contributed by atoms with E-state index in [0.29, 0.717) is 18.1 Å². The lowest BCUT2D eigenvalue weighted by molar-refractivity contribution is -0.0233. The summed E-state index contributed by atoms with van der Waals surface area (Å²) in [5, 5.41) is 13.3. The lowest BCUT2D eigenvalue weighted by Gasteiger charge is -2.51. The average Bonchev–Trinajstić information content (AvgIpc) is 2.83. The van der Waals surface area contributed by atoms with E-state index < -0.39 is 0 Å². The van der Waals surface area contributed by atoms with Gasteiger partial charge in [0.15, 0.2) is 0 Å². The quantitative estimate of drug-likeness (QED) is 0.847. The van der Waals surface area contributed by atoms with Crippen molar-refractivity contribution >= 4 is 0 Å². The van der Waals surface area contributed by atoms with Crippen molar-refractivity contribution < 1.29 is 9.63 Å². The second-order valence-corrected chi connectivity index (χ2v) is 5.93. The van der Waals surface area contributed by atoms with Crippen molar-refractivity contribution in [2.75, 3.05) is 33.3 Å². The number of likely N-dealkylation sites (N-methyl/N-ethyl adjacent to an activating group) is 1. The molecular weight excluding hydrogens is 230 g/mol. The molecule has 1 spiro atoms. The molecule has 0 amide bonds. The lowest BCUT2D eigenvalue weighted by atomic mass is 9.84. The predicted molar refractivity (Wildman–Crippen MR) is 67.1 cm³/mol. The van der Waals surface area contributed by atoms with E-state index in [1.165, 1.54) is 0 Å². The molecule has 0 radical (unpaired) electrons.